The van der Waals surface area contributed by atoms with Crippen LogP contribution in [0.1, 0.15) is 37.3 Å². The molecule has 2 saturated heterocycles. The highest BCUT2D eigenvalue weighted by atomic mass is 16.5. The summed E-state index contributed by atoms with van der Waals surface area (Å²) in [5.74, 6) is -0.579. The van der Waals surface area contributed by atoms with Gasteiger partial charge in [0.05, 0.1) is 12.7 Å². The van der Waals surface area contributed by atoms with Crippen LogP contribution >= 0.6 is 0 Å². The zero-order valence-corrected chi connectivity index (χ0v) is 18.8. The van der Waals surface area contributed by atoms with Crippen molar-refractivity contribution in [3.05, 3.63) is 71.8 Å². The Morgan fingerprint density at radius 1 is 1.00 bits per heavy atom. The standard InChI is InChI=1S/C26H30N2O5/c1-18(32-16-19-8-4-2-5-9-19)25(26(31)33-17-20-10-6-3-7-11-20)28-22(15-24(28)30)21-12-13-27-23(29)14-21/h2-11,18,21-22,25H,12-17H2,1H3,(H,27,29)/t18-,21?,22?,25+/m1/s1. The number of esters is 1. The van der Waals surface area contributed by atoms with Gasteiger partial charge in [-0.1, -0.05) is 60.7 Å². The third-order valence-corrected chi connectivity index (χ3v) is 6.42. The van der Waals surface area contributed by atoms with E-state index in [2.05, 4.69) is 5.32 Å². The first kappa shape index (κ1) is 23.0. The van der Waals surface area contributed by atoms with Gasteiger partial charge < -0.3 is 19.7 Å². The van der Waals surface area contributed by atoms with Crippen molar-refractivity contribution in [3.8, 4) is 0 Å². The van der Waals surface area contributed by atoms with Crippen molar-refractivity contribution < 1.29 is 23.9 Å². The van der Waals surface area contributed by atoms with Crippen LogP contribution in [0.4, 0.5) is 0 Å². The van der Waals surface area contributed by atoms with Crippen molar-refractivity contribution in [2.24, 2.45) is 5.92 Å². The number of hydrogen-bond acceptors (Lipinski definition) is 5. The molecule has 4 rings (SSSR count). The molecule has 2 aliphatic heterocycles. The molecule has 0 saturated carbocycles. The molecule has 0 bridgehead atoms. The zero-order valence-electron chi connectivity index (χ0n) is 18.8. The van der Waals surface area contributed by atoms with Gasteiger partial charge in [0.2, 0.25) is 11.8 Å². The lowest BCUT2D eigenvalue weighted by atomic mass is 9.80. The molecule has 7 heteroatoms. The third-order valence-electron chi connectivity index (χ3n) is 6.42. The maximum Gasteiger partial charge on any atom is 0.331 e. The lowest BCUT2D eigenvalue weighted by molar-refractivity contribution is -0.178. The quantitative estimate of drug-likeness (QED) is 0.469. The van der Waals surface area contributed by atoms with Crippen LogP contribution < -0.4 is 5.32 Å². The van der Waals surface area contributed by atoms with Crippen molar-refractivity contribution in [1.82, 2.24) is 10.2 Å². The van der Waals surface area contributed by atoms with E-state index in [0.29, 0.717) is 26.0 Å². The number of carbonyl (C=O) groups is 3. The molecule has 2 aromatic carbocycles. The number of nitrogens with zero attached hydrogens (tertiary/aromatic N) is 1. The Bertz CT molecular complexity index is 965. The molecule has 1 N–H and O–H groups in total. The first-order valence-electron chi connectivity index (χ1n) is 11.5. The van der Waals surface area contributed by atoms with Crippen LogP contribution in [0.5, 0.6) is 0 Å². The minimum atomic E-state index is -0.867. The summed E-state index contributed by atoms with van der Waals surface area (Å²) >= 11 is 0. The Balaban J connectivity index is 1.49. The van der Waals surface area contributed by atoms with E-state index >= 15 is 0 Å². The maximum absolute atomic E-state index is 13.3. The Morgan fingerprint density at radius 3 is 2.24 bits per heavy atom. The van der Waals surface area contributed by atoms with Crippen LogP contribution in [0.2, 0.25) is 0 Å². The minimum Gasteiger partial charge on any atom is -0.459 e. The normalized spacial score (nSPS) is 22.2. The molecule has 0 spiro atoms. The first-order valence-corrected chi connectivity index (χ1v) is 11.5. The second kappa shape index (κ2) is 10.6. The van der Waals surface area contributed by atoms with E-state index in [-0.39, 0.29) is 30.4 Å². The Kier molecular flexibility index (Phi) is 7.40. The summed E-state index contributed by atoms with van der Waals surface area (Å²) in [6.45, 7) is 2.84. The average molecular weight is 451 g/mol. The van der Waals surface area contributed by atoms with E-state index in [9.17, 15) is 14.4 Å². The number of hydrogen-bond donors (Lipinski definition) is 1. The molecule has 4 atom stereocenters. The smallest absolute Gasteiger partial charge is 0.331 e. The number of benzene rings is 2. The fraction of sp³-hybridized carbons (Fsp3) is 0.423. The third kappa shape index (κ3) is 5.60. The predicted octanol–water partition coefficient (Wildman–Crippen LogP) is 2.83. The number of β-lactam (4-membered cyclic amide) rings is 1. The van der Waals surface area contributed by atoms with E-state index in [1.54, 1.807) is 11.8 Å². The number of nitrogens with one attached hydrogen (secondary N) is 1. The molecule has 2 aromatic rings. The van der Waals surface area contributed by atoms with Crippen LogP contribution in [0.15, 0.2) is 60.7 Å². The van der Waals surface area contributed by atoms with Crippen LogP contribution in [0.25, 0.3) is 0 Å². The van der Waals surface area contributed by atoms with Gasteiger partial charge in [-0.2, -0.15) is 0 Å². The summed E-state index contributed by atoms with van der Waals surface area (Å²) in [6, 6.07) is 18.1. The summed E-state index contributed by atoms with van der Waals surface area (Å²) in [7, 11) is 0. The molecular formula is C26H30N2O5. The summed E-state index contributed by atoms with van der Waals surface area (Å²) in [5, 5.41) is 2.83. The fourth-order valence-electron chi connectivity index (χ4n) is 4.59. The number of amides is 2. The van der Waals surface area contributed by atoms with Crippen LogP contribution in [-0.4, -0.2) is 47.4 Å². The number of piperidine rings is 1. The fourth-order valence-corrected chi connectivity index (χ4v) is 4.59. The molecular weight excluding hydrogens is 420 g/mol. The van der Waals surface area contributed by atoms with Crippen LogP contribution in [0, 0.1) is 5.92 Å². The lowest BCUT2D eigenvalue weighted by Gasteiger charge is -2.49. The van der Waals surface area contributed by atoms with Gasteiger partial charge in [-0.25, -0.2) is 4.79 Å². The first-order chi connectivity index (χ1) is 16.0. The van der Waals surface area contributed by atoms with Crippen LogP contribution in [0.3, 0.4) is 0 Å². The summed E-state index contributed by atoms with van der Waals surface area (Å²) < 4.78 is 11.7. The molecule has 7 nitrogen and oxygen atoms in total. The van der Waals surface area contributed by atoms with Gasteiger partial charge in [-0.15, -0.1) is 0 Å². The Hall–Kier alpha value is -3.19. The summed E-state index contributed by atoms with van der Waals surface area (Å²) in [4.78, 5) is 39.5. The van der Waals surface area contributed by atoms with E-state index in [1.807, 2.05) is 60.7 Å². The predicted molar refractivity (Wildman–Crippen MR) is 122 cm³/mol. The second-order valence-corrected chi connectivity index (χ2v) is 8.72. The highest BCUT2D eigenvalue weighted by molar-refractivity contribution is 5.90. The van der Waals surface area contributed by atoms with Gasteiger partial charge in [-0.05, 0) is 30.4 Å². The van der Waals surface area contributed by atoms with Crippen molar-refractivity contribution in [2.45, 2.75) is 57.6 Å². The van der Waals surface area contributed by atoms with Gasteiger partial charge in [0.15, 0.2) is 6.04 Å². The Labute approximate surface area is 194 Å². The van der Waals surface area contributed by atoms with Gasteiger partial charge >= 0.3 is 5.97 Å². The van der Waals surface area contributed by atoms with Gasteiger partial charge in [0, 0.05) is 25.4 Å². The summed E-state index contributed by atoms with van der Waals surface area (Å²) in [6.07, 6.45) is 0.911. The molecule has 2 fully saturated rings. The molecule has 2 unspecified atom stereocenters. The highest BCUT2D eigenvalue weighted by Gasteiger charge is 2.50. The minimum absolute atomic E-state index is 0.0119. The molecule has 174 valence electrons. The molecule has 0 aromatic heterocycles. The van der Waals surface area contributed by atoms with E-state index < -0.39 is 18.1 Å². The monoisotopic (exact) mass is 450 g/mol. The van der Waals surface area contributed by atoms with E-state index in [1.165, 1.54) is 0 Å². The average Bonchev–Trinajstić information content (AvgIpc) is 2.84. The molecule has 2 aliphatic rings. The van der Waals surface area contributed by atoms with Gasteiger partial charge in [0.25, 0.3) is 0 Å². The van der Waals surface area contributed by atoms with Gasteiger partial charge in [-0.3, -0.25) is 9.59 Å². The molecule has 33 heavy (non-hydrogen) atoms. The number of likely N-dealkylation sites (tertiary alicyclic amines) is 1. The molecule has 2 heterocycles. The lowest BCUT2D eigenvalue weighted by Crippen LogP contribution is -2.66. The molecule has 0 radical (unpaired) electrons. The highest BCUT2D eigenvalue weighted by Crippen LogP contribution is 2.35. The van der Waals surface area contributed by atoms with E-state index in [4.69, 9.17) is 9.47 Å². The van der Waals surface area contributed by atoms with Crippen molar-refractivity contribution in [3.63, 3.8) is 0 Å². The molecule has 2 amide bonds. The SMILES string of the molecule is C[C@@H](OCc1ccccc1)[C@@H](C(=O)OCc1ccccc1)N1C(=O)CC1C1CCNC(=O)C1. The summed E-state index contributed by atoms with van der Waals surface area (Å²) in [5.41, 5.74) is 1.86. The van der Waals surface area contributed by atoms with Crippen molar-refractivity contribution in [2.75, 3.05) is 6.54 Å². The van der Waals surface area contributed by atoms with Crippen LogP contribution in [-0.2, 0) is 37.1 Å². The van der Waals surface area contributed by atoms with E-state index in [0.717, 1.165) is 17.5 Å². The Morgan fingerprint density at radius 2 is 1.64 bits per heavy atom. The van der Waals surface area contributed by atoms with Gasteiger partial charge in [0.1, 0.15) is 6.61 Å². The van der Waals surface area contributed by atoms with Crippen molar-refractivity contribution in [1.29, 1.82) is 0 Å². The zero-order chi connectivity index (χ0) is 23.2. The number of ether oxygens (including phenoxy) is 2. The maximum atomic E-state index is 13.3. The number of carbonyl (C=O) groups excluding carboxylic acids is 3. The number of rotatable bonds is 9. The largest absolute Gasteiger partial charge is 0.459 e. The topological polar surface area (TPSA) is 84.9 Å². The molecule has 0 aliphatic carbocycles. The second-order valence-electron chi connectivity index (χ2n) is 8.72. The van der Waals surface area contributed by atoms with Crippen molar-refractivity contribution >= 4 is 17.8 Å².